The molecule has 1 heterocycles. The van der Waals surface area contributed by atoms with Crippen LogP contribution in [0.2, 0.25) is 0 Å². The molecule has 2 atom stereocenters. The van der Waals surface area contributed by atoms with Crippen LogP contribution in [-0.4, -0.2) is 29.5 Å². The third kappa shape index (κ3) is 3.55. The van der Waals surface area contributed by atoms with Crippen molar-refractivity contribution >= 4 is 15.8 Å². The van der Waals surface area contributed by atoms with Gasteiger partial charge >= 0.3 is 0 Å². The van der Waals surface area contributed by atoms with Gasteiger partial charge in [-0.25, -0.2) is 0 Å². The lowest BCUT2D eigenvalue weighted by Crippen LogP contribution is -2.25. The van der Waals surface area contributed by atoms with Gasteiger partial charge in [-0.05, 0) is 68.1 Å². The van der Waals surface area contributed by atoms with Crippen LogP contribution in [0.1, 0.15) is 77.0 Å². The van der Waals surface area contributed by atoms with Crippen LogP contribution in [0.5, 0.6) is 0 Å². The fourth-order valence-corrected chi connectivity index (χ4v) is 13.7. The maximum atomic E-state index is 2.65. The van der Waals surface area contributed by atoms with Crippen LogP contribution >= 0.6 is 15.8 Å². The predicted octanol–water partition coefficient (Wildman–Crippen LogP) is 6.37. The quantitative estimate of drug-likeness (QED) is 0.531. The van der Waals surface area contributed by atoms with Gasteiger partial charge in [0.25, 0.3) is 0 Å². The summed E-state index contributed by atoms with van der Waals surface area (Å²) in [5.74, 6) is 0. The molecule has 0 unspecified atom stereocenters. The molecule has 3 aliphatic rings. The molecule has 19 heavy (non-hydrogen) atoms. The van der Waals surface area contributed by atoms with Crippen molar-refractivity contribution in [3.05, 3.63) is 0 Å². The van der Waals surface area contributed by atoms with E-state index in [0.29, 0.717) is 15.8 Å². The van der Waals surface area contributed by atoms with Crippen molar-refractivity contribution in [1.29, 1.82) is 0 Å². The highest BCUT2D eigenvalue weighted by Crippen LogP contribution is 2.69. The van der Waals surface area contributed by atoms with Gasteiger partial charge in [-0.3, -0.25) is 0 Å². The van der Waals surface area contributed by atoms with Crippen molar-refractivity contribution in [2.45, 2.75) is 93.8 Å². The summed E-state index contributed by atoms with van der Waals surface area (Å²) >= 11 is 0. The van der Waals surface area contributed by atoms with Gasteiger partial charge in [-0.1, -0.05) is 46.4 Å². The highest BCUT2D eigenvalue weighted by Gasteiger charge is 2.39. The van der Waals surface area contributed by atoms with Gasteiger partial charge < -0.3 is 0 Å². The first-order valence-corrected chi connectivity index (χ1v) is 12.4. The van der Waals surface area contributed by atoms with Gasteiger partial charge in [0.15, 0.2) is 0 Å². The van der Waals surface area contributed by atoms with Crippen LogP contribution < -0.4 is 0 Å². The van der Waals surface area contributed by atoms with Crippen molar-refractivity contribution < 1.29 is 0 Å². The first-order valence-electron chi connectivity index (χ1n) is 8.84. The Balaban J connectivity index is 1.73. The Kier molecular flexibility index (Phi) is 5.62. The Morgan fingerprint density at radius 3 is 1.63 bits per heavy atom. The third-order valence-electron chi connectivity index (χ3n) is 5.82. The Morgan fingerprint density at radius 2 is 1.21 bits per heavy atom. The van der Waals surface area contributed by atoms with Gasteiger partial charge in [0.1, 0.15) is 0 Å². The summed E-state index contributed by atoms with van der Waals surface area (Å²) in [7, 11) is 0.803. The van der Waals surface area contributed by atoms with E-state index in [4.69, 9.17) is 0 Å². The fourth-order valence-electron chi connectivity index (χ4n) is 4.81. The van der Waals surface area contributed by atoms with Crippen LogP contribution in [0, 0.1) is 0 Å². The largest absolute Gasteiger partial charge is 0.102 e. The topological polar surface area (TPSA) is 0 Å². The van der Waals surface area contributed by atoms with Crippen molar-refractivity contribution in [3.63, 3.8) is 0 Å². The highest BCUT2D eigenvalue weighted by molar-refractivity contribution is 7.76. The van der Waals surface area contributed by atoms with E-state index >= 15 is 0 Å². The van der Waals surface area contributed by atoms with E-state index in [-0.39, 0.29) is 0 Å². The van der Waals surface area contributed by atoms with E-state index in [1.54, 1.807) is 70.4 Å². The van der Waals surface area contributed by atoms with Gasteiger partial charge in [-0.15, -0.1) is 7.92 Å². The average molecular weight is 298 g/mol. The molecule has 2 heteroatoms. The van der Waals surface area contributed by atoms with E-state index in [0.717, 1.165) is 0 Å². The van der Waals surface area contributed by atoms with Crippen LogP contribution in [0.4, 0.5) is 0 Å². The van der Waals surface area contributed by atoms with E-state index in [1.165, 1.54) is 29.6 Å². The molecular formula is C17H32P2. The van der Waals surface area contributed by atoms with Crippen LogP contribution in [0.3, 0.4) is 0 Å². The monoisotopic (exact) mass is 298 g/mol. The zero-order chi connectivity index (χ0) is 13.1. The molecule has 3 rings (SSSR count). The summed E-state index contributed by atoms with van der Waals surface area (Å²) in [6.45, 7) is 2.65. The van der Waals surface area contributed by atoms with Crippen LogP contribution in [0.25, 0.3) is 0 Å². The maximum absolute atomic E-state index is 2.65. The molecule has 2 aliphatic carbocycles. The maximum Gasteiger partial charge on any atom is -0.000321 e. The zero-order valence-corrected chi connectivity index (χ0v) is 14.6. The summed E-state index contributed by atoms with van der Waals surface area (Å²) in [4.78, 5) is 0. The van der Waals surface area contributed by atoms with Gasteiger partial charge in [0.05, 0.1) is 0 Å². The summed E-state index contributed by atoms with van der Waals surface area (Å²) in [6.07, 6.45) is 20.6. The Hall–Kier alpha value is 0.860. The lowest BCUT2D eigenvalue weighted by atomic mass is 9.99. The molecule has 0 amide bonds. The molecule has 0 bridgehead atoms. The molecule has 0 aromatic carbocycles. The number of hydrogen-bond donors (Lipinski definition) is 0. The highest BCUT2D eigenvalue weighted by atomic mass is 31.2. The second kappa shape index (κ2) is 7.22. The third-order valence-corrected chi connectivity index (χ3v) is 13.8. The second-order valence-corrected chi connectivity index (χ2v) is 13.1. The summed E-state index contributed by atoms with van der Waals surface area (Å²) in [6, 6.07) is 0. The lowest BCUT2D eigenvalue weighted by molar-refractivity contribution is 0.483. The molecule has 0 radical (unpaired) electrons. The van der Waals surface area contributed by atoms with Crippen molar-refractivity contribution in [3.8, 4) is 0 Å². The molecule has 1 aliphatic heterocycles. The molecule has 0 N–H and O–H groups in total. The number of rotatable bonds is 3. The Morgan fingerprint density at radius 1 is 0.684 bits per heavy atom. The van der Waals surface area contributed by atoms with E-state index in [9.17, 15) is 0 Å². The van der Waals surface area contributed by atoms with Crippen molar-refractivity contribution in [2.24, 2.45) is 0 Å². The lowest BCUT2D eigenvalue weighted by Gasteiger charge is -2.43. The van der Waals surface area contributed by atoms with Crippen molar-refractivity contribution in [1.82, 2.24) is 0 Å². The minimum absolute atomic E-state index is 0.391. The molecule has 0 aromatic heterocycles. The zero-order valence-electron chi connectivity index (χ0n) is 12.8. The molecule has 0 spiro atoms. The average Bonchev–Trinajstić information content (AvgIpc) is 2.88. The van der Waals surface area contributed by atoms with Gasteiger partial charge in [0, 0.05) is 0 Å². The molecule has 2 saturated carbocycles. The van der Waals surface area contributed by atoms with Crippen LogP contribution in [-0.2, 0) is 0 Å². The molecule has 3 fully saturated rings. The van der Waals surface area contributed by atoms with E-state index < -0.39 is 0 Å². The van der Waals surface area contributed by atoms with Gasteiger partial charge in [-0.2, -0.15) is 0 Å². The first kappa shape index (κ1) is 14.8. The van der Waals surface area contributed by atoms with E-state index in [2.05, 4.69) is 6.66 Å². The van der Waals surface area contributed by atoms with Crippen molar-refractivity contribution in [2.75, 3.05) is 12.8 Å². The Labute approximate surface area is 123 Å². The van der Waals surface area contributed by atoms with E-state index in [1.807, 2.05) is 0 Å². The predicted molar refractivity (Wildman–Crippen MR) is 91.4 cm³/mol. The normalized spacial score (nSPS) is 35.1. The molecule has 110 valence electrons. The Bertz CT molecular complexity index is 248. The first-order chi connectivity index (χ1) is 9.36. The molecular weight excluding hydrogens is 266 g/mol. The second-order valence-electron chi connectivity index (χ2n) is 7.13. The molecule has 1 saturated heterocycles. The van der Waals surface area contributed by atoms with Gasteiger partial charge in [0.2, 0.25) is 0 Å². The summed E-state index contributed by atoms with van der Waals surface area (Å²) in [5.41, 5.74) is 2.39. The van der Waals surface area contributed by atoms with Crippen LogP contribution in [0.15, 0.2) is 0 Å². The SMILES string of the molecule is C[P@@]1CCC[C@@H]1P(C1CCCCC1)C1CCCCC1. The summed E-state index contributed by atoms with van der Waals surface area (Å²) < 4.78 is 0. The molecule has 0 aromatic rings. The number of hydrogen-bond acceptors (Lipinski definition) is 0. The minimum Gasteiger partial charge on any atom is -0.102 e. The minimum atomic E-state index is 0.391. The fraction of sp³-hybridized carbons (Fsp3) is 1.00. The summed E-state index contributed by atoms with van der Waals surface area (Å²) in [5, 5.41) is 1.23. The smallest absolute Gasteiger partial charge is 0.000321 e. The molecule has 0 nitrogen and oxygen atoms in total. The standard InChI is InChI=1S/C17H32P2/c1-18-14-8-13-17(18)19(15-9-4-2-5-10-15)16-11-6-3-7-12-16/h15-17H,2-14H2,1H3/t17-,18-/m0/s1.